The van der Waals surface area contributed by atoms with Crippen LogP contribution in [0, 0.1) is 18.8 Å². The largest absolute Gasteiger partial charge is 0.374 e. The van der Waals surface area contributed by atoms with Crippen LogP contribution >= 0.6 is 0 Å². The number of hydrogen-bond acceptors (Lipinski definition) is 6. The van der Waals surface area contributed by atoms with Gasteiger partial charge in [-0.1, -0.05) is 31.5 Å². The van der Waals surface area contributed by atoms with Crippen molar-refractivity contribution in [2.75, 3.05) is 59.0 Å². The van der Waals surface area contributed by atoms with E-state index in [0.29, 0.717) is 38.7 Å². The number of likely N-dealkylation sites (tertiary alicyclic amines) is 1. The summed E-state index contributed by atoms with van der Waals surface area (Å²) in [5.74, 6) is 0.810. The minimum atomic E-state index is -3.52. The molecular weight excluding hydrogens is 440 g/mol. The Morgan fingerprint density at radius 3 is 2.61 bits per heavy atom. The highest BCUT2D eigenvalue weighted by atomic mass is 32.2. The van der Waals surface area contributed by atoms with Crippen molar-refractivity contribution in [2.45, 2.75) is 44.6 Å². The van der Waals surface area contributed by atoms with Crippen molar-refractivity contribution in [3.63, 3.8) is 0 Å². The molecule has 33 heavy (non-hydrogen) atoms. The molecule has 1 amide bonds. The van der Waals surface area contributed by atoms with Crippen LogP contribution in [0.2, 0.25) is 0 Å². The van der Waals surface area contributed by atoms with E-state index >= 15 is 0 Å². The molecule has 0 aliphatic carbocycles. The zero-order valence-corrected chi connectivity index (χ0v) is 21.1. The third-order valence-electron chi connectivity index (χ3n) is 6.24. The number of amides is 1. The maximum absolute atomic E-state index is 12.6. The van der Waals surface area contributed by atoms with Crippen molar-refractivity contribution in [3.8, 4) is 0 Å². The van der Waals surface area contributed by atoms with Crippen LogP contribution in [0.1, 0.15) is 32.3 Å². The first kappa shape index (κ1) is 26.1. The highest BCUT2D eigenvalue weighted by Crippen LogP contribution is 2.17. The van der Waals surface area contributed by atoms with Gasteiger partial charge in [0.25, 0.3) is 0 Å². The molecule has 0 radical (unpaired) electrons. The van der Waals surface area contributed by atoms with Crippen LogP contribution in [0.25, 0.3) is 0 Å². The number of morpholine rings is 1. The quantitative estimate of drug-likeness (QED) is 0.527. The van der Waals surface area contributed by atoms with Crippen molar-refractivity contribution in [3.05, 3.63) is 29.8 Å². The van der Waals surface area contributed by atoms with E-state index in [1.165, 1.54) is 0 Å². The van der Waals surface area contributed by atoms with Gasteiger partial charge in [0.1, 0.15) is 0 Å². The predicted octanol–water partition coefficient (Wildman–Crippen LogP) is 1.46. The molecule has 1 aromatic carbocycles. The zero-order valence-electron chi connectivity index (χ0n) is 20.3. The van der Waals surface area contributed by atoms with Crippen LogP contribution < -0.4 is 10.0 Å². The Labute approximate surface area is 199 Å². The van der Waals surface area contributed by atoms with E-state index in [1.54, 1.807) is 24.3 Å². The average Bonchev–Trinajstić information content (AvgIpc) is 2.77. The molecule has 2 heterocycles. The summed E-state index contributed by atoms with van der Waals surface area (Å²) >= 11 is 0. The topological polar surface area (TPSA) is 91.0 Å². The molecule has 2 aliphatic heterocycles. The number of ether oxygens (including phenoxy) is 1. The third kappa shape index (κ3) is 8.64. The summed E-state index contributed by atoms with van der Waals surface area (Å²) in [6.45, 7) is 12.7. The van der Waals surface area contributed by atoms with Gasteiger partial charge in [-0.3, -0.25) is 14.6 Å². The number of sulfonamides is 1. The molecule has 3 rings (SSSR count). The predicted molar refractivity (Wildman–Crippen MR) is 130 cm³/mol. The molecule has 0 aromatic heterocycles. The van der Waals surface area contributed by atoms with E-state index in [4.69, 9.17) is 4.74 Å². The molecule has 0 saturated carbocycles. The SMILES string of the molecule is Cc1ccc(S(=O)(=O)NC[C@H]2CCCN(CC(=O)NC[C@H]3CN(CC(C)C)CCO3)C2)cc1. The number of hydrogen-bond donors (Lipinski definition) is 2. The highest BCUT2D eigenvalue weighted by molar-refractivity contribution is 7.89. The zero-order chi connectivity index (χ0) is 23.8. The first-order valence-electron chi connectivity index (χ1n) is 12.1. The number of carbonyl (C=O) groups excluding carboxylic acids is 1. The Kier molecular flexibility index (Phi) is 9.69. The lowest BCUT2D eigenvalue weighted by Gasteiger charge is -2.34. The Morgan fingerprint density at radius 2 is 1.88 bits per heavy atom. The van der Waals surface area contributed by atoms with Crippen LogP contribution in [0.3, 0.4) is 0 Å². The molecule has 2 saturated heterocycles. The minimum Gasteiger partial charge on any atom is -0.374 e. The van der Waals surface area contributed by atoms with E-state index in [0.717, 1.165) is 44.6 Å². The molecule has 2 fully saturated rings. The first-order chi connectivity index (χ1) is 15.7. The molecule has 9 heteroatoms. The van der Waals surface area contributed by atoms with Crippen molar-refractivity contribution >= 4 is 15.9 Å². The second-order valence-electron chi connectivity index (χ2n) is 9.86. The second kappa shape index (κ2) is 12.3. The molecule has 2 aliphatic rings. The van der Waals surface area contributed by atoms with Crippen LogP contribution in [0.15, 0.2) is 29.2 Å². The summed E-state index contributed by atoms with van der Waals surface area (Å²) < 4.78 is 33.7. The van der Waals surface area contributed by atoms with Gasteiger partial charge in [-0.05, 0) is 50.3 Å². The van der Waals surface area contributed by atoms with E-state index in [2.05, 4.69) is 33.7 Å². The van der Waals surface area contributed by atoms with Gasteiger partial charge in [0.15, 0.2) is 0 Å². The van der Waals surface area contributed by atoms with Gasteiger partial charge < -0.3 is 10.1 Å². The molecule has 8 nitrogen and oxygen atoms in total. The molecule has 2 atom stereocenters. The summed E-state index contributed by atoms with van der Waals surface area (Å²) in [5.41, 5.74) is 1.03. The van der Waals surface area contributed by atoms with Gasteiger partial charge in [0, 0.05) is 39.3 Å². The Morgan fingerprint density at radius 1 is 1.12 bits per heavy atom. The molecule has 0 spiro atoms. The number of nitrogens with one attached hydrogen (secondary N) is 2. The summed E-state index contributed by atoms with van der Waals surface area (Å²) in [5, 5.41) is 3.03. The maximum Gasteiger partial charge on any atom is 0.240 e. The number of rotatable bonds is 10. The third-order valence-corrected chi connectivity index (χ3v) is 7.68. The number of aryl methyl sites for hydroxylation is 1. The lowest BCUT2D eigenvalue weighted by molar-refractivity contribution is -0.123. The van der Waals surface area contributed by atoms with Gasteiger partial charge in [0.2, 0.25) is 15.9 Å². The number of benzene rings is 1. The molecular formula is C24H40N4O4S. The first-order valence-corrected chi connectivity index (χ1v) is 13.6. The monoisotopic (exact) mass is 480 g/mol. The van der Waals surface area contributed by atoms with E-state index in [9.17, 15) is 13.2 Å². The molecule has 1 aromatic rings. The lowest BCUT2D eigenvalue weighted by Crippen LogP contribution is -2.50. The fourth-order valence-corrected chi connectivity index (χ4v) is 5.68. The lowest BCUT2D eigenvalue weighted by atomic mass is 9.98. The summed E-state index contributed by atoms with van der Waals surface area (Å²) in [6, 6.07) is 6.87. The molecule has 2 N–H and O–H groups in total. The summed E-state index contributed by atoms with van der Waals surface area (Å²) in [4.78, 5) is 17.3. The fourth-order valence-electron chi connectivity index (χ4n) is 4.56. The standard InChI is InChI=1S/C24H40N4O4S/c1-19(2)15-28-11-12-32-22(17-28)14-25-24(29)18-27-10-4-5-21(16-27)13-26-33(30,31)23-8-6-20(3)7-9-23/h6-9,19,21-22,26H,4-5,10-18H2,1-3H3,(H,25,29)/t21-,22+/m1/s1. The van der Waals surface area contributed by atoms with Gasteiger partial charge in [-0.2, -0.15) is 0 Å². The Balaban J connectivity index is 1.39. The van der Waals surface area contributed by atoms with E-state index < -0.39 is 10.0 Å². The molecule has 0 unspecified atom stereocenters. The molecule has 0 bridgehead atoms. The van der Waals surface area contributed by atoms with Crippen LogP contribution in [-0.2, 0) is 19.6 Å². The number of piperidine rings is 1. The second-order valence-corrected chi connectivity index (χ2v) is 11.6. The average molecular weight is 481 g/mol. The van der Waals surface area contributed by atoms with Gasteiger partial charge in [-0.25, -0.2) is 13.1 Å². The normalized spacial score (nSPS) is 23.0. The van der Waals surface area contributed by atoms with Crippen molar-refractivity contribution in [2.24, 2.45) is 11.8 Å². The smallest absolute Gasteiger partial charge is 0.240 e. The number of nitrogens with zero attached hydrogens (tertiary/aromatic N) is 2. The fraction of sp³-hybridized carbons (Fsp3) is 0.708. The van der Waals surface area contributed by atoms with Crippen LogP contribution in [0.4, 0.5) is 0 Å². The number of carbonyl (C=O) groups is 1. The summed E-state index contributed by atoms with van der Waals surface area (Å²) in [7, 11) is -3.52. The van der Waals surface area contributed by atoms with Crippen LogP contribution in [0.5, 0.6) is 0 Å². The maximum atomic E-state index is 12.6. The van der Waals surface area contributed by atoms with Crippen LogP contribution in [-0.4, -0.2) is 89.2 Å². The van der Waals surface area contributed by atoms with Crippen molar-refractivity contribution in [1.29, 1.82) is 0 Å². The van der Waals surface area contributed by atoms with Crippen molar-refractivity contribution in [1.82, 2.24) is 19.8 Å². The van der Waals surface area contributed by atoms with E-state index in [1.807, 2.05) is 6.92 Å². The summed E-state index contributed by atoms with van der Waals surface area (Å²) in [6.07, 6.45) is 1.95. The van der Waals surface area contributed by atoms with Crippen molar-refractivity contribution < 1.29 is 17.9 Å². The van der Waals surface area contributed by atoms with E-state index in [-0.39, 0.29) is 22.8 Å². The minimum absolute atomic E-state index is 0.000434. The molecule has 186 valence electrons. The van der Waals surface area contributed by atoms with Gasteiger partial charge in [-0.15, -0.1) is 0 Å². The van der Waals surface area contributed by atoms with Gasteiger partial charge >= 0.3 is 0 Å². The Bertz CT molecular complexity index is 860. The Hall–Kier alpha value is -1.52. The van der Waals surface area contributed by atoms with Gasteiger partial charge in [0.05, 0.1) is 24.2 Å². The highest BCUT2D eigenvalue weighted by Gasteiger charge is 2.25.